The van der Waals surface area contributed by atoms with Crippen LogP contribution in [0.15, 0.2) is 58.0 Å². The van der Waals surface area contributed by atoms with Gasteiger partial charge in [0.25, 0.3) is 0 Å². The Bertz CT molecular complexity index is 593. The summed E-state index contributed by atoms with van der Waals surface area (Å²) < 4.78 is 0. The third-order valence-electron chi connectivity index (χ3n) is 3.42. The monoisotopic (exact) mass is 270 g/mol. The quantitative estimate of drug-likeness (QED) is 0.799. The lowest BCUT2D eigenvalue weighted by Crippen LogP contribution is -2.26. The first-order valence-corrected chi connectivity index (χ1v) is 6.47. The third kappa shape index (κ3) is 2.37. The zero-order valence-corrected chi connectivity index (χ0v) is 12.1. The molecule has 0 radical (unpaired) electrons. The van der Waals surface area contributed by atoms with Crippen molar-refractivity contribution in [2.45, 2.75) is 13.8 Å². The van der Waals surface area contributed by atoms with Crippen LogP contribution in [0.3, 0.4) is 0 Å². The molecule has 0 saturated carbocycles. The Balaban J connectivity index is 2.59. The summed E-state index contributed by atoms with van der Waals surface area (Å²) in [5.74, 6) is 0.00418. The van der Waals surface area contributed by atoms with Gasteiger partial charge < -0.3 is 10.6 Å². The van der Waals surface area contributed by atoms with Crippen LogP contribution in [0.25, 0.3) is 0 Å². The molecule has 0 unspecified atom stereocenters. The molecule has 2 rings (SSSR count). The first kappa shape index (κ1) is 14.1. The second-order valence-corrected chi connectivity index (χ2v) is 4.84. The summed E-state index contributed by atoms with van der Waals surface area (Å²) in [5, 5.41) is 5.81. The van der Waals surface area contributed by atoms with Crippen molar-refractivity contribution in [2.24, 2.45) is 0 Å². The third-order valence-corrected chi connectivity index (χ3v) is 3.42. The van der Waals surface area contributed by atoms with Crippen LogP contribution in [-0.4, -0.2) is 25.7 Å². The fourth-order valence-corrected chi connectivity index (χ4v) is 2.28. The van der Waals surface area contributed by atoms with Gasteiger partial charge in [0.05, 0.1) is 11.4 Å². The van der Waals surface area contributed by atoms with Gasteiger partial charge in [0.1, 0.15) is 0 Å². The van der Waals surface area contributed by atoms with Crippen LogP contribution in [0.4, 0.5) is 0 Å². The van der Waals surface area contributed by atoms with E-state index in [1.807, 2.05) is 24.3 Å². The van der Waals surface area contributed by atoms with E-state index in [2.05, 4.69) is 10.6 Å². The minimum Gasteiger partial charge on any atom is -0.385 e. The number of Topliss-reactive ketones (excluding diaryl/α,β-unsaturated/α-hetero) is 2. The van der Waals surface area contributed by atoms with Crippen molar-refractivity contribution in [3.8, 4) is 0 Å². The van der Waals surface area contributed by atoms with Crippen molar-refractivity contribution >= 4 is 11.6 Å². The number of ketones is 2. The van der Waals surface area contributed by atoms with Gasteiger partial charge in [-0.2, -0.15) is 0 Å². The molecule has 2 aliphatic rings. The van der Waals surface area contributed by atoms with Gasteiger partial charge >= 0.3 is 0 Å². The summed E-state index contributed by atoms with van der Waals surface area (Å²) >= 11 is 0. The smallest absolute Gasteiger partial charge is 0.224 e. The van der Waals surface area contributed by atoms with E-state index in [1.165, 1.54) is 0 Å². The van der Waals surface area contributed by atoms with Gasteiger partial charge in [-0.25, -0.2) is 0 Å². The predicted octanol–water partition coefficient (Wildman–Crippen LogP) is 1.55. The number of nitrogens with one attached hydrogen (secondary N) is 2. The summed E-state index contributed by atoms with van der Waals surface area (Å²) in [6.07, 6.45) is 7.33. The highest BCUT2D eigenvalue weighted by Crippen LogP contribution is 2.25. The van der Waals surface area contributed by atoms with Gasteiger partial charge in [-0.05, 0) is 60.4 Å². The first-order chi connectivity index (χ1) is 9.47. The largest absolute Gasteiger partial charge is 0.385 e. The number of hydrogen-bond donors (Lipinski definition) is 2. The SMILES string of the molecule is CNC1=CC(=C2C=C(C)C(=O)C(C)=C2)C=C(NC)C1=O. The molecule has 2 N–H and O–H groups in total. The maximum atomic E-state index is 12.0. The van der Waals surface area contributed by atoms with E-state index in [9.17, 15) is 9.59 Å². The Hall–Kier alpha value is -2.36. The van der Waals surface area contributed by atoms with E-state index in [0.717, 1.165) is 11.1 Å². The molecule has 0 aromatic carbocycles. The van der Waals surface area contributed by atoms with Crippen molar-refractivity contribution in [1.82, 2.24) is 10.6 Å². The van der Waals surface area contributed by atoms with Gasteiger partial charge in [0.15, 0.2) is 5.78 Å². The second-order valence-electron chi connectivity index (χ2n) is 4.84. The zero-order valence-electron chi connectivity index (χ0n) is 12.1. The van der Waals surface area contributed by atoms with Crippen LogP contribution in [0, 0.1) is 0 Å². The van der Waals surface area contributed by atoms with E-state index in [1.54, 1.807) is 27.9 Å². The molecular weight excluding hydrogens is 252 g/mol. The van der Waals surface area contributed by atoms with Crippen molar-refractivity contribution in [1.29, 1.82) is 0 Å². The Labute approximate surface area is 118 Å². The zero-order chi connectivity index (χ0) is 14.9. The molecule has 0 heterocycles. The molecule has 0 amide bonds. The maximum absolute atomic E-state index is 12.0. The summed E-state index contributed by atoms with van der Waals surface area (Å²) in [4.78, 5) is 23.8. The number of hydrogen-bond acceptors (Lipinski definition) is 4. The van der Waals surface area contributed by atoms with Gasteiger partial charge in [-0.1, -0.05) is 0 Å². The molecule has 104 valence electrons. The standard InChI is InChI=1S/C16H18N2O2/c1-9-5-11(6-10(2)15(9)19)12-7-13(17-3)16(20)14(8-12)18-4/h5-8,17-18H,1-4H3. The number of likely N-dealkylation sites (N-methyl/N-ethyl adjacent to an activating group) is 2. The highest BCUT2D eigenvalue weighted by Gasteiger charge is 2.21. The lowest BCUT2D eigenvalue weighted by Gasteiger charge is -2.18. The fraction of sp³-hybridized carbons (Fsp3) is 0.250. The van der Waals surface area contributed by atoms with Gasteiger partial charge in [-0.15, -0.1) is 0 Å². The molecule has 0 saturated heterocycles. The molecule has 0 spiro atoms. The van der Waals surface area contributed by atoms with Crippen LogP contribution in [0.1, 0.15) is 13.8 Å². The van der Waals surface area contributed by atoms with Gasteiger partial charge in [0.2, 0.25) is 5.78 Å². The molecule has 4 nitrogen and oxygen atoms in total. The minimum atomic E-state index is -0.0624. The van der Waals surface area contributed by atoms with Crippen molar-refractivity contribution < 1.29 is 9.59 Å². The summed E-state index contributed by atoms with van der Waals surface area (Å²) in [5.41, 5.74) is 4.34. The van der Waals surface area contributed by atoms with Crippen LogP contribution in [0.5, 0.6) is 0 Å². The highest BCUT2D eigenvalue weighted by atomic mass is 16.1. The van der Waals surface area contributed by atoms with Crippen LogP contribution in [0.2, 0.25) is 0 Å². The molecule has 0 aromatic heterocycles. The Morgan fingerprint density at radius 3 is 1.50 bits per heavy atom. The summed E-state index contributed by atoms with van der Waals surface area (Å²) in [7, 11) is 3.44. The molecule has 20 heavy (non-hydrogen) atoms. The number of rotatable bonds is 2. The fourth-order valence-electron chi connectivity index (χ4n) is 2.28. The number of carbonyl (C=O) groups is 2. The molecule has 0 atom stereocenters. The topological polar surface area (TPSA) is 58.2 Å². The van der Waals surface area contributed by atoms with Gasteiger partial charge in [0, 0.05) is 14.1 Å². The first-order valence-electron chi connectivity index (χ1n) is 6.47. The average molecular weight is 270 g/mol. The molecule has 0 bridgehead atoms. The molecule has 0 aromatic rings. The normalized spacial score (nSPS) is 19.2. The molecule has 0 aliphatic heterocycles. The lowest BCUT2D eigenvalue weighted by molar-refractivity contribution is -0.113. The lowest BCUT2D eigenvalue weighted by atomic mass is 9.90. The predicted molar refractivity (Wildman–Crippen MR) is 78.8 cm³/mol. The Morgan fingerprint density at radius 1 is 0.700 bits per heavy atom. The Kier molecular flexibility index (Phi) is 3.74. The number of carbonyl (C=O) groups excluding carboxylic acids is 2. The Morgan fingerprint density at radius 2 is 1.10 bits per heavy atom. The van der Waals surface area contributed by atoms with Crippen molar-refractivity contribution in [3.05, 3.63) is 58.0 Å². The molecule has 2 aliphatic carbocycles. The molecule has 4 heteroatoms. The molecular formula is C16H18N2O2. The highest BCUT2D eigenvalue weighted by molar-refractivity contribution is 6.11. The second kappa shape index (κ2) is 5.33. The summed E-state index contributed by atoms with van der Waals surface area (Å²) in [6.45, 7) is 3.61. The minimum absolute atomic E-state index is 0.0624. The van der Waals surface area contributed by atoms with Crippen molar-refractivity contribution in [2.75, 3.05) is 14.1 Å². The maximum Gasteiger partial charge on any atom is 0.224 e. The van der Waals surface area contributed by atoms with Crippen molar-refractivity contribution in [3.63, 3.8) is 0 Å². The van der Waals surface area contributed by atoms with Crippen LogP contribution in [-0.2, 0) is 9.59 Å². The van der Waals surface area contributed by atoms with Crippen LogP contribution >= 0.6 is 0 Å². The van der Waals surface area contributed by atoms with E-state index >= 15 is 0 Å². The summed E-state index contributed by atoms with van der Waals surface area (Å²) in [6, 6.07) is 0. The van der Waals surface area contributed by atoms with Crippen LogP contribution < -0.4 is 10.6 Å². The molecule has 0 fully saturated rings. The van der Waals surface area contributed by atoms with E-state index < -0.39 is 0 Å². The van der Waals surface area contributed by atoms with E-state index in [4.69, 9.17) is 0 Å². The van der Waals surface area contributed by atoms with Gasteiger partial charge in [-0.3, -0.25) is 9.59 Å². The van der Waals surface area contributed by atoms with E-state index in [0.29, 0.717) is 22.5 Å². The number of allylic oxidation sites excluding steroid dienone is 8. The average Bonchev–Trinajstić information content (AvgIpc) is 2.44. The van der Waals surface area contributed by atoms with E-state index in [-0.39, 0.29) is 11.6 Å².